The Kier molecular flexibility index (Phi) is 5.24. The van der Waals surface area contributed by atoms with Gasteiger partial charge in [-0.1, -0.05) is 13.3 Å². The first-order chi connectivity index (χ1) is 7.59. The lowest BCUT2D eigenvalue weighted by Crippen LogP contribution is -2.44. The van der Waals surface area contributed by atoms with E-state index >= 15 is 0 Å². The van der Waals surface area contributed by atoms with Gasteiger partial charge in [-0.15, -0.1) is 0 Å². The molecule has 3 heteroatoms. The van der Waals surface area contributed by atoms with Gasteiger partial charge in [0.15, 0.2) is 0 Å². The maximum atomic E-state index is 9.14. The van der Waals surface area contributed by atoms with Crippen LogP contribution < -0.4 is 5.32 Å². The van der Waals surface area contributed by atoms with Crippen LogP contribution in [0.25, 0.3) is 0 Å². The first kappa shape index (κ1) is 13.5. The number of hydrogen-bond donors (Lipinski definition) is 1. The summed E-state index contributed by atoms with van der Waals surface area (Å²) in [6.07, 6.45) is 5.10. The summed E-state index contributed by atoms with van der Waals surface area (Å²) in [4.78, 5) is 2.37. The SMILES string of the molecule is CCNC(C)(C#N)CCN(C)CC1CCC1. The van der Waals surface area contributed by atoms with Crippen molar-refractivity contribution in [3.05, 3.63) is 0 Å². The third-order valence-electron chi connectivity index (χ3n) is 3.60. The van der Waals surface area contributed by atoms with E-state index in [0.29, 0.717) is 0 Å². The number of nitriles is 1. The molecule has 0 aromatic heterocycles. The molecule has 16 heavy (non-hydrogen) atoms. The zero-order valence-corrected chi connectivity index (χ0v) is 10.9. The van der Waals surface area contributed by atoms with Gasteiger partial charge in [0.25, 0.3) is 0 Å². The molecule has 1 unspecified atom stereocenters. The Bertz CT molecular complexity index is 242. The van der Waals surface area contributed by atoms with Crippen LogP contribution in [-0.2, 0) is 0 Å². The first-order valence-electron chi connectivity index (χ1n) is 6.44. The lowest BCUT2D eigenvalue weighted by atomic mass is 9.85. The molecular weight excluding hydrogens is 198 g/mol. The fourth-order valence-corrected chi connectivity index (χ4v) is 2.20. The predicted molar refractivity (Wildman–Crippen MR) is 67.1 cm³/mol. The van der Waals surface area contributed by atoms with Crippen LogP contribution in [0, 0.1) is 17.2 Å². The van der Waals surface area contributed by atoms with Gasteiger partial charge in [-0.3, -0.25) is 5.32 Å². The van der Waals surface area contributed by atoms with E-state index in [4.69, 9.17) is 5.26 Å². The standard InChI is InChI=1S/C13H25N3/c1-4-15-13(2,11-14)8-9-16(3)10-12-6-5-7-12/h12,15H,4-10H2,1-3H3. The monoisotopic (exact) mass is 223 g/mol. The third-order valence-corrected chi connectivity index (χ3v) is 3.60. The van der Waals surface area contributed by atoms with Crippen molar-refractivity contribution in [1.29, 1.82) is 5.26 Å². The second-order valence-electron chi connectivity index (χ2n) is 5.28. The predicted octanol–water partition coefficient (Wildman–Crippen LogP) is 2.00. The van der Waals surface area contributed by atoms with Crippen LogP contribution in [0.2, 0.25) is 0 Å². The molecule has 0 bridgehead atoms. The molecule has 0 saturated heterocycles. The molecule has 0 aromatic carbocycles. The minimum absolute atomic E-state index is 0.359. The van der Waals surface area contributed by atoms with Crippen molar-refractivity contribution in [2.24, 2.45) is 5.92 Å². The van der Waals surface area contributed by atoms with Crippen LogP contribution in [0.4, 0.5) is 0 Å². The van der Waals surface area contributed by atoms with Gasteiger partial charge in [0.2, 0.25) is 0 Å². The quantitative estimate of drug-likeness (QED) is 0.717. The average Bonchev–Trinajstić information content (AvgIpc) is 2.21. The first-order valence-corrected chi connectivity index (χ1v) is 6.44. The van der Waals surface area contributed by atoms with Crippen LogP contribution in [0.5, 0.6) is 0 Å². The highest BCUT2D eigenvalue weighted by molar-refractivity contribution is 5.03. The van der Waals surface area contributed by atoms with Gasteiger partial charge in [-0.05, 0) is 45.7 Å². The molecule has 92 valence electrons. The molecule has 1 aliphatic rings. The van der Waals surface area contributed by atoms with Gasteiger partial charge in [-0.25, -0.2) is 0 Å². The van der Waals surface area contributed by atoms with Crippen molar-refractivity contribution in [2.75, 3.05) is 26.7 Å². The van der Waals surface area contributed by atoms with E-state index in [1.807, 2.05) is 13.8 Å². The molecular formula is C13H25N3. The van der Waals surface area contributed by atoms with Crippen LogP contribution in [0.15, 0.2) is 0 Å². The normalized spacial score (nSPS) is 20.2. The van der Waals surface area contributed by atoms with E-state index in [0.717, 1.165) is 25.4 Å². The summed E-state index contributed by atoms with van der Waals surface area (Å²) in [5.41, 5.74) is -0.359. The van der Waals surface area contributed by atoms with Crippen LogP contribution in [0.1, 0.15) is 39.5 Å². The Labute approximate surface area is 99.8 Å². The smallest absolute Gasteiger partial charge is 0.105 e. The Hall–Kier alpha value is -0.590. The van der Waals surface area contributed by atoms with Crippen molar-refractivity contribution in [3.8, 4) is 6.07 Å². The van der Waals surface area contributed by atoms with Crippen molar-refractivity contribution in [3.63, 3.8) is 0 Å². The fraction of sp³-hybridized carbons (Fsp3) is 0.923. The Morgan fingerprint density at radius 2 is 2.19 bits per heavy atom. The maximum Gasteiger partial charge on any atom is 0.105 e. The summed E-state index contributed by atoms with van der Waals surface area (Å²) >= 11 is 0. The molecule has 1 fully saturated rings. The van der Waals surface area contributed by atoms with Gasteiger partial charge in [-0.2, -0.15) is 5.26 Å². The zero-order chi connectivity index (χ0) is 12.0. The molecule has 0 aliphatic heterocycles. The van der Waals surface area contributed by atoms with Crippen LogP contribution in [-0.4, -0.2) is 37.1 Å². The largest absolute Gasteiger partial charge is 0.306 e. The summed E-state index contributed by atoms with van der Waals surface area (Å²) in [7, 11) is 2.17. The van der Waals surface area contributed by atoms with Crippen molar-refractivity contribution < 1.29 is 0 Å². The third kappa shape index (κ3) is 4.11. The second-order valence-corrected chi connectivity index (χ2v) is 5.28. The number of rotatable bonds is 7. The highest BCUT2D eigenvalue weighted by Gasteiger charge is 2.24. The van der Waals surface area contributed by atoms with Crippen molar-refractivity contribution >= 4 is 0 Å². The Morgan fingerprint density at radius 1 is 1.50 bits per heavy atom. The summed E-state index contributed by atoms with van der Waals surface area (Å²) in [6.45, 7) is 7.11. The van der Waals surface area contributed by atoms with Gasteiger partial charge in [0.1, 0.15) is 5.54 Å². The van der Waals surface area contributed by atoms with E-state index < -0.39 is 0 Å². The number of nitrogens with zero attached hydrogens (tertiary/aromatic N) is 2. The van der Waals surface area contributed by atoms with Crippen molar-refractivity contribution in [2.45, 2.75) is 45.1 Å². The van der Waals surface area contributed by atoms with E-state index in [-0.39, 0.29) is 5.54 Å². The van der Waals surface area contributed by atoms with E-state index in [1.165, 1.54) is 25.8 Å². The molecule has 0 aromatic rings. The molecule has 1 N–H and O–H groups in total. The molecule has 0 heterocycles. The summed E-state index contributed by atoms with van der Waals surface area (Å²) in [5.74, 6) is 0.914. The van der Waals surface area contributed by atoms with Crippen molar-refractivity contribution in [1.82, 2.24) is 10.2 Å². The molecule has 1 rings (SSSR count). The topological polar surface area (TPSA) is 39.1 Å². The highest BCUT2D eigenvalue weighted by atomic mass is 15.1. The van der Waals surface area contributed by atoms with E-state index in [9.17, 15) is 0 Å². The Morgan fingerprint density at radius 3 is 2.62 bits per heavy atom. The zero-order valence-electron chi connectivity index (χ0n) is 10.9. The second kappa shape index (κ2) is 6.22. The molecule has 0 radical (unpaired) electrons. The molecule has 1 aliphatic carbocycles. The van der Waals surface area contributed by atoms with E-state index in [2.05, 4.69) is 23.3 Å². The minimum atomic E-state index is -0.359. The Balaban J connectivity index is 2.23. The molecule has 0 spiro atoms. The lowest BCUT2D eigenvalue weighted by Gasteiger charge is -2.32. The summed E-state index contributed by atoms with van der Waals surface area (Å²) < 4.78 is 0. The number of hydrogen-bond acceptors (Lipinski definition) is 3. The summed E-state index contributed by atoms with van der Waals surface area (Å²) in [5, 5.41) is 12.4. The molecule has 3 nitrogen and oxygen atoms in total. The van der Waals surface area contributed by atoms with Gasteiger partial charge in [0.05, 0.1) is 6.07 Å². The maximum absolute atomic E-state index is 9.14. The molecule has 1 saturated carbocycles. The summed E-state index contributed by atoms with van der Waals surface area (Å²) in [6, 6.07) is 2.38. The van der Waals surface area contributed by atoms with Gasteiger partial charge in [0, 0.05) is 13.1 Å². The fourth-order valence-electron chi connectivity index (χ4n) is 2.20. The molecule has 1 atom stereocenters. The lowest BCUT2D eigenvalue weighted by molar-refractivity contribution is 0.194. The van der Waals surface area contributed by atoms with Crippen LogP contribution >= 0.6 is 0 Å². The number of nitrogens with one attached hydrogen (secondary N) is 1. The van der Waals surface area contributed by atoms with E-state index in [1.54, 1.807) is 0 Å². The van der Waals surface area contributed by atoms with Gasteiger partial charge >= 0.3 is 0 Å². The van der Waals surface area contributed by atoms with Gasteiger partial charge < -0.3 is 4.90 Å². The highest BCUT2D eigenvalue weighted by Crippen LogP contribution is 2.26. The average molecular weight is 223 g/mol. The minimum Gasteiger partial charge on any atom is -0.306 e. The molecule has 0 amide bonds. The van der Waals surface area contributed by atoms with Crippen LogP contribution in [0.3, 0.4) is 0 Å².